The molecule has 0 saturated carbocycles. The van der Waals surface area contributed by atoms with Gasteiger partial charge in [0.15, 0.2) is 0 Å². The molecule has 0 fully saturated rings. The molecule has 6 heteroatoms. The molecule has 0 atom stereocenters. The third-order valence-electron chi connectivity index (χ3n) is 4.95. The number of benzene rings is 1. The number of nitrogens with zero attached hydrogens (tertiary/aromatic N) is 2. The van der Waals surface area contributed by atoms with Crippen molar-refractivity contribution in [2.75, 3.05) is 0 Å². The molecule has 0 amide bonds. The molecular formula is C21H18N2O3S. The average molecular weight is 378 g/mol. The van der Waals surface area contributed by atoms with Crippen molar-refractivity contribution in [1.82, 2.24) is 9.97 Å². The molecule has 1 aliphatic rings. The molecule has 0 radical (unpaired) electrons. The first-order valence-electron chi connectivity index (χ1n) is 9.18. The Bertz CT molecular complexity index is 1230. The second-order valence-corrected chi connectivity index (χ2v) is 7.96. The van der Waals surface area contributed by atoms with Gasteiger partial charge in [0.05, 0.1) is 5.39 Å². The van der Waals surface area contributed by atoms with E-state index in [4.69, 9.17) is 9.15 Å². The van der Waals surface area contributed by atoms with Crippen molar-refractivity contribution in [3.63, 3.8) is 0 Å². The summed E-state index contributed by atoms with van der Waals surface area (Å²) in [5, 5.41) is 1.90. The van der Waals surface area contributed by atoms with Gasteiger partial charge in [-0.25, -0.2) is 9.78 Å². The number of thiophene rings is 1. The van der Waals surface area contributed by atoms with Crippen LogP contribution in [0.1, 0.15) is 35.5 Å². The predicted molar refractivity (Wildman–Crippen MR) is 106 cm³/mol. The molecule has 4 aromatic rings. The molecule has 1 aliphatic carbocycles. The molecular weight excluding hydrogens is 360 g/mol. The van der Waals surface area contributed by atoms with Gasteiger partial charge >= 0.3 is 5.63 Å². The highest BCUT2D eigenvalue weighted by Gasteiger charge is 2.21. The number of ether oxygens (including phenoxy) is 1. The van der Waals surface area contributed by atoms with Gasteiger partial charge in [-0.15, -0.1) is 11.3 Å². The van der Waals surface area contributed by atoms with Gasteiger partial charge < -0.3 is 9.15 Å². The zero-order valence-corrected chi connectivity index (χ0v) is 15.8. The second-order valence-electron chi connectivity index (χ2n) is 6.88. The van der Waals surface area contributed by atoms with E-state index in [0.717, 1.165) is 28.4 Å². The highest BCUT2D eigenvalue weighted by molar-refractivity contribution is 7.18. The molecule has 0 unspecified atom stereocenters. The molecule has 3 aromatic heterocycles. The minimum atomic E-state index is -0.372. The lowest BCUT2D eigenvalue weighted by molar-refractivity contribution is 0.465. The molecule has 0 N–H and O–H groups in total. The van der Waals surface area contributed by atoms with Crippen molar-refractivity contribution in [2.24, 2.45) is 0 Å². The molecule has 5 rings (SSSR count). The fourth-order valence-corrected chi connectivity index (χ4v) is 4.99. The zero-order chi connectivity index (χ0) is 18.4. The minimum Gasteiger partial charge on any atom is -0.438 e. The Kier molecular flexibility index (Phi) is 3.93. The highest BCUT2D eigenvalue weighted by Crippen LogP contribution is 2.40. The van der Waals surface area contributed by atoms with E-state index in [-0.39, 0.29) is 5.63 Å². The summed E-state index contributed by atoms with van der Waals surface area (Å²) >= 11 is 1.77. The first-order valence-corrected chi connectivity index (χ1v) is 10.00. The number of aryl methyl sites for hydroxylation is 3. The molecule has 0 bridgehead atoms. The van der Waals surface area contributed by atoms with Crippen molar-refractivity contribution in [1.29, 1.82) is 0 Å². The van der Waals surface area contributed by atoms with Crippen LogP contribution < -0.4 is 10.4 Å². The van der Waals surface area contributed by atoms with Crippen molar-refractivity contribution in [3.8, 4) is 11.6 Å². The van der Waals surface area contributed by atoms with Crippen LogP contribution >= 0.6 is 11.3 Å². The fraction of sp³-hybridized carbons (Fsp3) is 0.286. The average Bonchev–Trinajstić information content (AvgIpc) is 2.82. The van der Waals surface area contributed by atoms with Gasteiger partial charge in [0.25, 0.3) is 0 Å². The molecule has 136 valence electrons. The van der Waals surface area contributed by atoms with Gasteiger partial charge in [-0.05, 0) is 56.4 Å². The summed E-state index contributed by atoms with van der Waals surface area (Å²) in [6.45, 7) is 1.89. The number of hydrogen-bond donors (Lipinski definition) is 0. The molecule has 0 aliphatic heterocycles. The Balaban J connectivity index is 1.64. The lowest BCUT2D eigenvalue weighted by Gasteiger charge is -2.09. The Morgan fingerprint density at radius 3 is 2.85 bits per heavy atom. The molecule has 0 spiro atoms. The normalized spacial score (nSPS) is 14.3. The summed E-state index contributed by atoms with van der Waals surface area (Å²) in [5.74, 6) is 1.89. The highest BCUT2D eigenvalue weighted by atomic mass is 32.1. The summed E-state index contributed by atoms with van der Waals surface area (Å²) < 4.78 is 11.5. The van der Waals surface area contributed by atoms with E-state index in [1.165, 1.54) is 35.8 Å². The first-order chi connectivity index (χ1) is 13.2. The Morgan fingerprint density at radius 1 is 1.07 bits per heavy atom. The topological polar surface area (TPSA) is 65.2 Å². The summed E-state index contributed by atoms with van der Waals surface area (Å²) in [6, 6.07) is 8.66. The van der Waals surface area contributed by atoms with Gasteiger partial charge in [0.1, 0.15) is 22.0 Å². The van der Waals surface area contributed by atoms with Crippen LogP contribution in [0.2, 0.25) is 0 Å². The zero-order valence-electron chi connectivity index (χ0n) is 14.9. The standard InChI is InChI=1S/C21H18N2O3S/c1-12-22-20(19-15-5-3-2-4-6-17(15)27-21(19)23-12)25-14-9-7-13-8-10-18(24)26-16(13)11-14/h7-11H,2-6H2,1H3. The van der Waals surface area contributed by atoms with E-state index in [2.05, 4.69) is 9.97 Å². The lowest BCUT2D eigenvalue weighted by atomic mass is 10.1. The summed E-state index contributed by atoms with van der Waals surface area (Å²) in [7, 11) is 0. The van der Waals surface area contributed by atoms with E-state index in [1.54, 1.807) is 23.5 Å². The van der Waals surface area contributed by atoms with Crippen LogP contribution in [0, 0.1) is 6.92 Å². The van der Waals surface area contributed by atoms with Gasteiger partial charge in [-0.1, -0.05) is 6.42 Å². The van der Waals surface area contributed by atoms with Crippen molar-refractivity contribution in [3.05, 3.63) is 57.0 Å². The van der Waals surface area contributed by atoms with E-state index in [0.29, 0.717) is 23.0 Å². The predicted octanol–water partition coefficient (Wildman–Crippen LogP) is 5.17. The third-order valence-corrected chi connectivity index (χ3v) is 6.14. The number of aromatic nitrogens is 2. The van der Waals surface area contributed by atoms with Gasteiger partial charge in [-0.2, -0.15) is 4.98 Å². The van der Waals surface area contributed by atoms with Crippen LogP contribution in [0.3, 0.4) is 0 Å². The summed E-state index contributed by atoms with van der Waals surface area (Å²) in [5.41, 5.74) is 1.48. The Morgan fingerprint density at radius 2 is 1.93 bits per heavy atom. The van der Waals surface area contributed by atoms with Crippen LogP contribution in [0.15, 0.2) is 39.5 Å². The van der Waals surface area contributed by atoms with E-state index < -0.39 is 0 Å². The van der Waals surface area contributed by atoms with Crippen LogP contribution in [0.25, 0.3) is 21.2 Å². The molecule has 3 heterocycles. The van der Waals surface area contributed by atoms with Crippen LogP contribution in [0.4, 0.5) is 0 Å². The minimum absolute atomic E-state index is 0.372. The summed E-state index contributed by atoms with van der Waals surface area (Å²) in [6.07, 6.45) is 5.83. The Labute approximate surface area is 159 Å². The third kappa shape index (κ3) is 3.00. The van der Waals surface area contributed by atoms with Crippen molar-refractivity contribution < 1.29 is 9.15 Å². The summed E-state index contributed by atoms with van der Waals surface area (Å²) in [4.78, 5) is 23.1. The van der Waals surface area contributed by atoms with Crippen LogP contribution in [0.5, 0.6) is 11.6 Å². The van der Waals surface area contributed by atoms with Crippen molar-refractivity contribution in [2.45, 2.75) is 39.0 Å². The number of fused-ring (bicyclic) bond motifs is 4. The molecule has 27 heavy (non-hydrogen) atoms. The van der Waals surface area contributed by atoms with Crippen molar-refractivity contribution >= 4 is 32.5 Å². The largest absolute Gasteiger partial charge is 0.438 e. The Hall–Kier alpha value is -2.73. The van der Waals surface area contributed by atoms with Gasteiger partial charge in [0.2, 0.25) is 5.88 Å². The quantitative estimate of drug-likeness (QED) is 0.356. The molecule has 0 saturated heterocycles. The maximum Gasteiger partial charge on any atom is 0.336 e. The number of rotatable bonds is 2. The lowest BCUT2D eigenvalue weighted by Crippen LogP contribution is -1.97. The van der Waals surface area contributed by atoms with Gasteiger partial charge in [-0.3, -0.25) is 0 Å². The van der Waals surface area contributed by atoms with E-state index in [1.807, 2.05) is 19.1 Å². The van der Waals surface area contributed by atoms with E-state index >= 15 is 0 Å². The van der Waals surface area contributed by atoms with E-state index in [9.17, 15) is 4.79 Å². The number of hydrogen-bond acceptors (Lipinski definition) is 6. The maximum atomic E-state index is 11.5. The van der Waals surface area contributed by atoms with Crippen LogP contribution in [-0.2, 0) is 12.8 Å². The first kappa shape index (κ1) is 16.4. The fourth-order valence-electron chi connectivity index (χ4n) is 3.69. The second kappa shape index (κ2) is 6.46. The molecule has 1 aromatic carbocycles. The van der Waals surface area contributed by atoms with Gasteiger partial charge in [0, 0.05) is 22.4 Å². The SMILES string of the molecule is Cc1nc(Oc2ccc3ccc(=O)oc3c2)c2c3c(sc2n1)CCCCC3. The van der Waals surface area contributed by atoms with Crippen LogP contribution in [-0.4, -0.2) is 9.97 Å². The molecule has 5 nitrogen and oxygen atoms in total. The monoisotopic (exact) mass is 378 g/mol. The maximum absolute atomic E-state index is 11.5. The smallest absolute Gasteiger partial charge is 0.336 e.